The van der Waals surface area contributed by atoms with Crippen molar-refractivity contribution >= 4 is 41.0 Å². The van der Waals surface area contributed by atoms with Crippen LogP contribution in [0.5, 0.6) is 0 Å². The molecule has 2 aliphatic rings. The van der Waals surface area contributed by atoms with Crippen LogP contribution >= 0.6 is 23.5 Å². The van der Waals surface area contributed by atoms with E-state index in [9.17, 15) is 14.0 Å². The number of thioether (sulfide) groups is 2. The minimum Gasteiger partial charge on any atom is -0.356 e. The third-order valence-electron chi connectivity index (χ3n) is 7.09. The molecule has 0 aromatic heterocycles. The van der Waals surface area contributed by atoms with E-state index in [1.807, 2.05) is 48.5 Å². The van der Waals surface area contributed by atoms with E-state index in [2.05, 4.69) is 29.7 Å². The maximum absolute atomic E-state index is 13.4. The van der Waals surface area contributed by atoms with Crippen LogP contribution in [0.4, 0.5) is 10.1 Å². The molecule has 0 heterocycles. The van der Waals surface area contributed by atoms with E-state index in [-0.39, 0.29) is 28.8 Å². The topological polar surface area (TPSA) is 58.2 Å². The van der Waals surface area contributed by atoms with E-state index in [4.69, 9.17) is 0 Å². The monoisotopic (exact) mass is 548 g/mol. The predicted molar refractivity (Wildman–Crippen MR) is 154 cm³/mol. The van der Waals surface area contributed by atoms with Crippen LogP contribution in [-0.4, -0.2) is 24.1 Å². The maximum Gasteiger partial charge on any atom is 0.232 e. The number of hydrogen-bond donors (Lipinski definition) is 2. The number of carbonyl (C=O) groups excluding carboxylic acids is 2. The molecular formula is C31H33FN2O2S2. The average molecular weight is 549 g/mol. The maximum atomic E-state index is 13.4. The van der Waals surface area contributed by atoms with E-state index in [1.54, 1.807) is 23.5 Å². The van der Waals surface area contributed by atoms with Gasteiger partial charge in [-0.25, -0.2) is 4.39 Å². The van der Waals surface area contributed by atoms with Crippen molar-refractivity contribution in [3.63, 3.8) is 0 Å². The number of hydrogen-bond acceptors (Lipinski definition) is 4. The van der Waals surface area contributed by atoms with Gasteiger partial charge in [0.05, 0.1) is 5.92 Å². The average Bonchev–Trinajstić information content (AvgIpc) is 3.86. The van der Waals surface area contributed by atoms with Crippen LogP contribution in [0.3, 0.4) is 0 Å². The van der Waals surface area contributed by atoms with Gasteiger partial charge in [-0.3, -0.25) is 9.59 Å². The molecule has 3 aromatic carbocycles. The van der Waals surface area contributed by atoms with E-state index in [0.717, 1.165) is 33.9 Å². The molecule has 0 spiro atoms. The first-order chi connectivity index (χ1) is 18.4. The molecule has 2 fully saturated rings. The Balaban J connectivity index is 1.26. The summed E-state index contributed by atoms with van der Waals surface area (Å²) in [5.74, 6) is 0.496. The highest BCUT2D eigenvalue weighted by Gasteiger charge is 2.45. The SMILES string of the molecule is CCSc1ccc(C(CC(=O)NCC2CC2)C(=O)Nc2ccc(C3(Sc4ccc(F)cc4)CC3)cc2)cc1. The first-order valence-corrected chi connectivity index (χ1v) is 15.1. The van der Waals surface area contributed by atoms with Crippen molar-refractivity contribution in [1.82, 2.24) is 5.32 Å². The van der Waals surface area contributed by atoms with Gasteiger partial charge in [0, 0.05) is 33.2 Å². The van der Waals surface area contributed by atoms with Crippen LogP contribution in [0, 0.1) is 11.7 Å². The van der Waals surface area contributed by atoms with Crippen molar-refractivity contribution in [3.05, 3.63) is 89.7 Å². The molecule has 0 saturated heterocycles. The summed E-state index contributed by atoms with van der Waals surface area (Å²) < 4.78 is 13.3. The highest BCUT2D eigenvalue weighted by molar-refractivity contribution is 8.00. The van der Waals surface area contributed by atoms with E-state index < -0.39 is 5.92 Å². The number of rotatable bonds is 12. The zero-order valence-electron chi connectivity index (χ0n) is 21.5. The number of amides is 2. The molecule has 38 heavy (non-hydrogen) atoms. The summed E-state index contributed by atoms with van der Waals surface area (Å²) in [4.78, 5) is 28.3. The summed E-state index contributed by atoms with van der Waals surface area (Å²) in [6.07, 6.45) is 4.57. The van der Waals surface area contributed by atoms with Gasteiger partial charge in [0.15, 0.2) is 0 Å². The van der Waals surface area contributed by atoms with Gasteiger partial charge < -0.3 is 10.6 Å². The Kier molecular flexibility index (Phi) is 8.44. The number of halogens is 1. The molecule has 0 radical (unpaired) electrons. The summed E-state index contributed by atoms with van der Waals surface area (Å²) in [6.45, 7) is 2.80. The van der Waals surface area contributed by atoms with Crippen LogP contribution in [0.2, 0.25) is 0 Å². The molecule has 5 rings (SSSR count). The highest BCUT2D eigenvalue weighted by Crippen LogP contribution is 2.59. The van der Waals surface area contributed by atoms with E-state index in [0.29, 0.717) is 18.2 Å². The van der Waals surface area contributed by atoms with Gasteiger partial charge in [-0.1, -0.05) is 31.2 Å². The molecule has 2 aliphatic carbocycles. The van der Waals surface area contributed by atoms with Crippen molar-refractivity contribution in [3.8, 4) is 0 Å². The highest BCUT2D eigenvalue weighted by atomic mass is 32.2. The minimum absolute atomic E-state index is 0.000790. The summed E-state index contributed by atoms with van der Waals surface area (Å²) in [5.41, 5.74) is 2.75. The molecule has 1 unspecified atom stereocenters. The fourth-order valence-corrected chi connectivity index (χ4v) is 6.49. The number of nitrogens with one attached hydrogen (secondary N) is 2. The van der Waals surface area contributed by atoms with Crippen LogP contribution in [-0.2, 0) is 14.3 Å². The van der Waals surface area contributed by atoms with Gasteiger partial charge in [-0.15, -0.1) is 23.5 Å². The second-order valence-electron chi connectivity index (χ2n) is 10.1. The zero-order chi connectivity index (χ0) is 26.5. The Bertz CT molecular complexity index is 1250. The van der Waals surface area contributed by atoms with Crippen molar-refractivity contribution in [1.29, 1.82) is 0 Å². The Morgan fingerprint density at radius 1 is 0.947 bits per heavy atom. The zero-order valence-corrected chi connectivity index (χ0v) is 23.2. The van der Waals surface area contributed by atoms with Crippen LogP contribution < -0.4 is 10.6 Å². The number of anilines is 1. The summed E-state index contributed by atoms with van der Waals surface area (Å²) in [7, 11) is 0. The van der Waals surface area contributed by atoms with Crippen molar-refractivity contribution in [2.45, 2.75) is 59.5 Å². The summed E-state index contributed by atoms with van der Waals surface area (Å²) in [5, 5.41) is 6.05. The third kappa shape index (κ3) is 7.00. The molecule has 0 aliphatic heterocycles. The fraction of sp³-hybridized carbons (Fsp3) is 0.355. The van der Waals surface area contributed by atoms with E-state index in [1.165, 1.54) is 30.5 Å². The third-order valence-corrected chi connectivity index (χ3v) is 9.53. The second-order valence-corrected chi connectivity index (χ2v) is 12.9. The first kappa shape index (κ1) is 26.8. The Morgan fingerprint density at radius 2 is 1.61 bits per heavy atom. The summed E-state index contributed by atoms with van der Waals surface area (Å²) in [6, 6.07) is 22.6. The Labute approximate surface area is 232 Å². The lowest BCUT2D eigenvalue weighted by molar-refractivity contribution is -0.125. The molecule has 4 nitrogen and oxygen atoms in total. The van der Waals surface area contributed by atoms with Gasteiger partial charge in [0.2, 0.25) is 11.8 Å². The lowest BCUT2D eigenvalue weighted by atomic mass is 9.94. The molecule has 198 valence electrons. The standard InChI is InChI=1S/C31H33FN2O2S2/c1-2-37-26-13-5-22(6-14-26)28(19-29(35)33-20-21-3-4-21)30(36)34-25-11-7-23(8-12-25)31(17-18-31)38-27-15-9-24(32)10-16-27/h5-16,21,28H,2-4,17-20H2,1H3,(H,33,35)(H,34,36). The van der Waals surface area contributed by atoms with Gasteiger partial charge in [-0.2, -0.15) is 0 Å². The van der Waals surface area contributed by atoms with Crippen molar-refractivity contribution in [2.75, 3.05) is 17.6 Å². The van der Waals surface area contributed by atoms with E-state index >= 15 is 0 Å². The quantitative estimate of drug-likeness (QED) is 0.232. The van der Waals surface area contributed by atoms with Gasteiger partial charge in [0.25, 0.3) is 0 Å². The lowest BCUT2D eigenvalue weighted by Crippen LogP contribution is -2.31. The first-order valence-electron chi connectivity index (χ1n) is 13.3. The largest absolute Gasteiger partial charge is 0.356 e. The van der Waals surface area contributed by atoms with Crippen molar-refractivity contribution in [2.24, 2.45) is 5.92 Å². The Hall–Kier alpha value is -2.77. The normalized spacial score (nSPS) is 16.5. The summed E-state index contributed by atoms with van der Waals surface area (Å²) >= 11 is 3.51. The minimum atomic E-state index is -0.571. The molecule has 2 saturated carbocycles. The molecule has 7 heteroatoms. The van der Waals surface area contributed by atoms with Crippen molar-refractivity contribution < 1.29 is 14.0 Å². The van der Waals surface area contributed by atoms with Crippen LogP contribution in [0.15, 0.2) is 82.6 Å². The molecule has 2 N–H and O–H groups in total. The van der Waals surface area contributed by atoms with Gasteiger partial charge >= 0.3 is 0 Å². The molecule has 2 amide bonds. The Morgan fingerprint density at radius 3 is 2.21 bits per heavy atom. The molecular weight excluding hydrogens is 515 g/mol. The molecule has 0 bridgehead atoms. The second kappa shape index (κ2) is 12.0. The van der Waals surface area contributed by atoms with Gasteiger partial charge in [-0.05, 0) is 97.0 Å². The fourth-order valence-electron chi connectivity index (χ4n) is 4.54. The lowest BCUT2D eigenvalue weighted by Gasteiger charge is -2.19. The smallest absolute Gasteiger partial charge is 0.232 e. The predicted octanol–water partition coefficient (Wildman–Crippen LogP) is 7.36. The molecule has 3 aromatic rings. The van der Waals surface area contributed by atoms with Gasteiger partial charge in [0.1, 0.15) is 5.82 Å². The number of carbonyl (C=O) groups is 2. The molecule has 1 atom stereocenters. The number of benzene rings is 3. The van der Waals surface area contributed by atoms with Crippen LogP contribution in [0.25, 0.3) is 0 Å². The van der Waals surface area contributed by atoms with Crippen LogP contribution in [0.1, 0.15) is 56.1 Å².